The number of hydrogen-bond donors (Lipinski definition) is 2. The molecule has 0 radical (unpaired) electrons. The minimum Gasteiger partial charge on any atom is -0.469 e. The van der Waals surface area contributed by atoms with Crippen LogP contribution in [0.2, 0.25) is 5.02 Å². The highest BCUT2D eigenvalue weighted by Crippen LogP contribution is 2.19. The van der Waals surface area contributed by atoms with Crippen LogP contribution in [0.3, 0.4) is 0 Å². The number of furan rings is 1. The van der Waals surface area contributed by atoms with Crippen LogP contribution in [0.25, 0.3) is 0 Å². The third-order valence-corrected chi connectivity index (χ3v) is 5.55. The second kappa shape index (κ2) is 11.6. The van der Waals surface area contributed by atoms with Crippen molar-refractivity contribution in [3.63, 3.8) is 0 Å². The fraction of sp³-hybridized carbons (Fsp3) is 0.333. The van der Waals surface area contributed by atoms with Crippen molar-refractivity contribution in [3.8, 4) is 0 Å². The Morgan fingerprint density at radius 1 is 1.14 bits per heavy atom. The normalized spacial score (nSPS) is 11.6. The molecule has 0 aliphatic heterocycles. The lowest BCUT2D eigenvalue weighted by Gasteiger charge is -2.13. The lowest BCUT2D eigenvalue weighted by Crippen LogP contribution is -2.39. The van der Waals surface area contributed by atoms with Crippen LogP contribution in [0.15, 0.2) is 69.2 Å². The van der Waals surface area contributed by atoms with E-state index in [0.717, 1.165) is 48.4 Å². The van der Waals surface area contributed by atoms with Crippen LogP contribution < -0.4 is 10.6 Å². The quantitative estimate of drug-likeness (QED) is 0.221. The van der Waals surface area contributed by atoms with Crippen molar-refractivity contribution in [1.82, 2.24) is 20.4 Å². The predicted molar refractivity (Wildman–Crippen MR) is 120 cm³/mol. The minimum absolute atomic E-state index is 0.666. The number of nitrogens with zero attached hydrogens (tertiary/aromatic N) is 3. The number of nitrogens with one attached hydrogen (secondary N) is 2. The molecule has 0 fully saturated rings. The molecule has 0 aliphatic carbocycles. The van der Waals surface area contributed by atoms with Crippen molar-refractivity contribution >= 4 is 29.3 Å². The largest absolute Gasteiger partial charge is 0.469 e. The summed E-state index contributed by atoms with van der Waals surface area (Å²) in [7, 11) is 1.96. The first kappa shape index (κ1) is 21.3. The van der Waals surface area contributed by atoms with Gasteiger partial charge < -0.3 is 15.1 Å². The van der Waals surface area contributed by atoms with Crippen LogP contribution in [0.5, 0.6) is 0 Å². The third-order valence-electron chi connectivity index (χ3n) is 4.28. The lowest BCUT2D eigenvalue weighted by atomic mass is 10.3. The molecule has 154 valence electrons. The highest BCUT2D eigenvalue weighted by atomic mass is 35.5. The number of halogens is 1. The van der Waals surface area contributed by atoms with E-state index in [1.54, 1.807) is 18.0 Å². The molecule has 3 rings (SSSR count). The zero-order valence-electron chi connectivity index (χ0n) is 16.5. The summed E-state index contributed by atoms with van der Waals surface area (Å²) in [6.07, 6.45) is 5.17. The maximum Gasteiger partial charge on any atom is 0.191 e. The van der Waals surface area contributed by atoms with Crippen LogP contribution in [-0.2, 0) is 19.9 Å². The molecule has 0 bridgehead atoms. The van der Waals surface area contributed by atoms with Crippen molar-refractivity contribution in [2.75, 3.05) is 25.4 Å². The molecule has 2 heterocycles. The van der Waals surface area contributed by atoms with Gasteiger partial charge in [0.25, 0.3) is 0 Å². The molecular formula is C21H26ClN5OS. The zero-order valence-corrected chi connectivity index (χ0v) is 18.0. The van der Waals surface area contributed by atoms with Crippen LogP contribution in [0.1, 0.15) is 11.5 Å². The molecule has 3 aromatic rings. The van der Waals surface area contributed by atoms with Gasteiger partial charge >= 0.3 is 0 Å². The van der Waals surface area contributed by atoms with E-state index < -0.39 is 0 Å². The van der Waals surface area contributed by atoms with E-state index in [1.807, 2.05) is 60.4 Å². The zero-order chi connectivity index (χ0) is 20.3. The summed E-state index contributed by atoms with van der Waals surface area (Å²) in [6, 6.07) is 13.8. The molecule has 0 amide bonds. The Bertz CT molecular complexity index is 877. The standard InChI is InChI=1S/C21H26ClN5OS/c1-27-18(9-13-26-27)8-11-23-21(24-12-10-19-3-2-15-28-19)25-14-16-29-20-6-4-17(22)5-7-20/h2-7,9,13,15H,8,10-12,14,16H2,1H3,(H2,23,24,25). The van der Waals surface area contributed by atoms with Gasteiger partial charge in [-0.05, 0) is 42.5 Å². The number of aliphatic imine (C=N–C) groups is 1. The molecule has 0 aliphatic rings. The fourth-order valence-electron chi connectivity index (χ4n) is 2.73. The smallest absolute Gasteiger partial charge is 0.191 e. The molecule has 2 N–H and O–H groups in total. The summed E-state index contributed by atoms with van der Waals surface area (Å²) in [5.74, 6) is 2.69. The van der Waals surface area contributed by atoms with Gasteiger partial charge in [0.05, 0.1) is 6.26 Å². The van der Waals surface area contributed by atoms with E-state index in [2.05, 4.69) is 20.7 Å². The Hall–Kier alpha value is -2.38. The molecule has 2 aromatic heterocycles. The number of guanidine groups is 1. The average Bonchev–Trinajstić information content (AvgIpc) is 3.38. The Balaban J connectivity index is 1.45. The van der Waals surface area contributed by atoms with Gasteiger partial charge in [0, 0.05) is 67.1 Å². The van der Waals surface area contributed by atoms with Crippen molar-refractivity contribution in [2.45, 2.75) is 17.7 Å². The number of hydrogen-bond acceptors (Lipinski definition) is 4. The van der Waals surface area contributed by atoms with Gasteiger partial charge in [-0.25, -0.2) is 0 Å². The van der Waals surface area contributed by atoms with Gasteiger partial charge in [-0.1, -0.05) is 11.6 Å². The van der Waals surface area contributed by atoms with Crippen LogP contribution in [0.4, 0.5) is 0 Å². The summed E-state index contributed by atoms with van der Waals surface area (Å²) >= 11 is 7.72. The van der Waals surface area contributed by atoms with E-state index in [1.165, 1.54) is 10.6 Å². The molecule has 6 nitrogen and oxygen atoms in total. The van der Waals surface area contributed by atoms with Crippen LogP contribution in [-0.4, -0.2) is 41.1 Å². The molecule has 29 heavy (non-hydrogen) atoms. The van der Waals surface area contributed by atoms with Gasteiger partial charge in [-0.15, -0.1) is 11.8 Å². The molecule has 1 aromatic carbocycles. The van der Waals surface area contributed by atoms with Gasteiger partial charge in [-0.2, -0.15) is 5.10 Å². The third kappa shape index (κ3) is 7.51. The number of rotatable bonds is 10. The fourth-order valence-corrected chi connectivity index (χ4v) is 3.63. The van der Waals surface area contributed by atoms with E-state index in [0.29, 0.717) is 6.54 Å². The minimum atomic E-state index is 0.666. The SMILES string of the molecule is Cn1nccc1CCNC(=NCCc1ccco1)NCCSc1ccc(Cl)cc1. The summed E-state index contributed by atoms with van der Waals surface area (Å²) < 4.78 is 7.28. The molecular weight excluding hydrogens is 406 g/mol. The van der Waals surface area contributed by atoms with Crippen molar-refractivity contribution < 1.29 is 4.42 Å². The van der Waals surface area contributed by atoms with Gasteiger partial charge in [0.15, 0.2) is 5.96 Å². The monoisotopic (exact) mass is 431 g/mol. The van der Waals surface area contributed by atoms with E-state index in [-0.39, 0.29) is 0 Å². The Kier molecular flexibility index (Phi) is 8.52. The predicted octanol–water partition coefficient (Wildman–Crippen LogP) is 3.78. The summed E-state index contributed by atoms with van der Waals surface area (Å²) in [5.41, 5.74) is 1.19. The molecule has 0 atom stereocenters. The number of aromatic nitrogens is 2. The molecule has 8 heteroatoms. The van der Waals surface area contributed by atoms with Crippen molar-refractivity contribution in [3.05, 3.63) is 71.4 Å². The van der Waals surface area contributed by atoms with E-state index in [4.69, 9.17) is 16.0 Å². The maximum atomic E-state index is 5.94. The topological polar surface area (TPSA) is 67.4 Å². The van der Waals surface area contributed by atoms with Crippen LogP contribution in [0, 0.1) is 0 Å². The number of aryl methyl sites for hydroxylation is 1. The van der Waals surface area contributed by atoms with Gasteiger partial charge in [0.2, 0.25) is 0 Å². The van der Waals surface area contributed by atoms with Gasteiger partial charge in [0.1, 0.15) is 5.76 Å². The van der Waals surface area contributed by atoms with E-state index >= 15 is 0 Å². The second-order valence-electron chi connectivity index (χ2n) is 6.41. The number of benzene rings is 1. The Labute approximate surface area is 180 Å². The van der Waals surface area contributed by atoms with Crippen molar-refractivity contribution in [2.24, 2.45) is 12.0 Å². The molecule has 0 spiro atoms. The summed E-state index contributed by atoms with van der Waals surface area (Å²) in [4.78, 5) is 5.89. The molecule has 0 saturated heterocycles. The highest BCUT2D eigenvalue weighted by molar-refractivity contribution is 7.99. The highest BCUT2D eigenvalue weighted by Gasteiger charge is 2.03. The first-order valence-corrected chi connectivity index (χ1v) is 11.0. The molecule has 0 saturated carbocycles. The summed E-state index contributed by atoms with van der Waals surface area (Å²) in [6.45, 7) is 2.26. The first-order chi connectivity index (χ1) is 14.2. The number of thioether (sulfide) groups is 1. The van der Waals surface area contributed by atoms with Crippen LogP contribution >= 0.6 is 23.4 Å². The van der Waals surface area contributed by atoms with E-state index in [9.17, 15) is 0 Å². The lowest BCUT2D eigenvalue weighted by molar-refractivity contribution is 0.510. The van der Waals surface area contributed by atoms with Gasteiger partial charge in [-0.3, -0.25) is 9.67 Å². The second-order valence-corrected chi connectivity index (χ2v) is 8.02. The average molecular weight is 432 g/mol. The summed E-state index contributed by atoms with van der Waals surface area (Å²) in [5, 5.41) is 11.8. The Morgan fingerprint density at radius 3 is 2.69 bits per heavy atom. The first-order valence-electron chi connectivity index (χ1n) is 9.60. The Morgan fingerprint density at radius 2 is 1.97 bits per heavy atom. The maximum absolute atomic E-state index is 5.94. The molecule has 0 unspecified atom stereocenters. The van der Waals surface area contributed by atoms with Crippen molar-refractivity contribution in [1.29, 1.82) is 0 Å².